The van der Waals surface area contributed by atoms with Crippen molar-refractivity contribution in [2.24, 2.45) is 0 Å². The van der Waals surface area contributed by atoms with Crippen LogP contribution >= 0.6 is 0 Å². The second kappa shape index (κ2) is 8.15. The van der Waals surface area contributed by atoms with E-state index < -0.39 is 0 Å². The molecule has 0 heterocycles. The summed E-state index contributed by atoms with van der Waals surface area (Å²) in [6, 6.07) is 29.6. The summed E-state index contributed by atoms with van der Waals surface area (Å²) >= 11 is 0. The van der Waals surface area contributed by atoms with Gasteiger partial charge in [0, 0.05) is 12.2 Å². The summed E-state index contributed by atoms with van der Waals surface area (Å²) in [6.45, 7) is 2.61. The largest absolute Gasteiger partial charge is 0.322 e. The van der Waals surface area contributed by atoms with E-state index in [1.807, 2.05) is 78.6 Å². The molecule has 0 unspecified atom stereocenters. The maximum Gasteiger partial charge on any atom is 0.322 e. The van der Waals surface area contributed by atoms with Crippen molar-refractivity contribution in [3.63, 3.8) is 0 Å². The summed E-state index contributed by atoms with van der Waals surface area (Å²) in [4.78, 5) is 14.8. The van der Waals surface area contributed by atoms with Crippen molar-refractivity contribution < 1.29 is 4.79 Å². The van der Waals surface area contributed by atoms with Crippen LogP contribution < -0.4 is 5.32 Å². The molecule has 0 radical (unpaired) electrons. The average molecular weight is 330 g/mol. The average Bonchev–Trinajstić information content (AvgIpc) is 2.68. The van der Waals surface area contributed by atoms with Crippen molar-refractivity contribution in [1.29, 1.82) is 0 Å². The highest BCUT2D eigenvalue weighted by Gasteiger charge is 2.25. The van der Waals surface area contributed by atoms with E-state index in [9.17, 15) is 4.79 Å². The van der Waals surface area contributed by atoms with Crippen LogP contribution in [-0.4, -0.2) is 17.5 Å². The number of nitrogens with one attached hydrogen (secondary N) is 1. The minimum absolute atomic E-state index is 0.105. The number of anilines is 1. The Bertz CT molecular complexity index is 749. The summed E-state index contributed by atoms with van der Waals surface area (Å²) in [5.74, 6) is 0. The minimum atomic E-state index is -0.129. The number of urea groups is 1. The van der Waals surface area contributed by atoms with Crippen LogP contribution in [0, 0.1) is 0 Å². The molecule has 0 aliphatic carbocycles. The SMILES string of the molecule is CCN(C(=O)Nc1ccccc1)C(c1ccccc1)c1ccccc1. The first-order valence-electron chi connectivity index (χ1n) is 8.52. The molecular formula is C22H22N2O. The van der Waals surface area contributed by atoms with Gasteiger partial charge in [0.1, 0.15) is 0 Å². The topological polar surface area (TPSA) is 32.3 Å². The molecule has 0 saturated heterocycles. The van der Waals surface area contributed by atoms with Gasteiger partial charge in [0.05, 0.1) is 6.04 Å². The second-order valence-corrected chi connectivity index (χ2v) is 5.81. The van der Waals surface area contributed by atoms with E-state index in [0.717, 1.165) is 16.8 Å². The molecule has 2 amide bonds. The first-order valence-corrected chi connectivity index (χ1v) is 8.52. The van der Waals surface area contributed by atoms with Crippen molar-refractivity contribution in [1.82, 2.24) is 4.90 Å². The molecule has 1 N–H and O–H groups in total. The molecule has 3 heteroatoms. The molecule has 0 fully saturated rings. The Morgan fingerprint density at radius 2 is 1.24 bits per heavy atom. The normalized spacial score (nSPS) is 10.5. The quantitative estimate of drug-likeness (QED) is 0.674. The van der Waals surface area contributed by atoms with Gasteiger partial charge in [0.25, 0.3) is 0 Å². The van der Waals surface area contributed by atoms with Crippen LogP contribution in [0.2, 0.25) is 0 Å². The molecule has 0 aromatic heterocycles. The van der Waals surface area contributed by atoms with E-state index in [2.05, 4.69) is 29.6 Å². The smallest absolute Gasteiger partial charge is 0.314 e. The number of carbonyl (C=O) groups excluding carboxylic acids is 1. The fraction of sp³-hybridized carbons (Fsp3) is 0.136. The lowest BCUT2D eigenvalue weighted by Crippen LogP contribution is -2.38. The van der Waals surface area contributed by atoms with E-state index >= 15 is 0 Å². The monoisotopic (exact) mass is 330 g/mol. The van der Waals surface area contributed by atoms with Crippen LogP contribution in [0.15, 0.2) is 91.0 Å². The van der Waals surface area contributed by atoms with Crippen LogP contribution in [-0.2, 0) is 0 Å². The molecular weight excluding hydrogens is 308 g/mol. The van der Waals surface area contributed by atoms with Crippen LogP contribution in [0.4, 0.5) is 10.5 Å². The lowest BCUT2D eigenvalue weighted by Gasteiger charge is -2.32. The highest BCUT2D eigenvalue weighted by molar-refractivity contribution is 5.89. The fourth-order valence-corrected chi connectivity index (χ4v) is 2.98. The second-order valence-electron chi connectivity index (χ2n) is 5.81. The lowest BCUT2D eigenvalue weighted by molar-refractivity contribution is 0.201. The number of rotatable bonds is 5. The highest BCUT2D eigenvalue weighted by atomic mass is 16.2. The van der Waals surface area contributed by atoms with Crippen molar-refractivity contribution >= 4 is 11.7 Å². The van der Waals surface area contributed by atoms with Crippen LogP contribution in [0.25, 0.3) is 0 Å². The number of nitrogens with zero attached hydrogens (tertiary/aromatic N) is 1. The van der Waals surface area contributed by atoms with E-state index in [4.69, 9.17) is 0 Å². The molecule has 0 atom stereocenters. The van der Waals surface area contributed by atoms with Crippen molar-refractivity contribution in [2.45, 2.75) is 13.0 Å². The minimum Gasteiger partial charge on any atom is -0.314 e. The Kier molecular flexibility index (Phi) is 5.47. The third-order valence-electron chi connectivity index (χ3n) is 4.17. The maximum absolute atomic E-state index is 12.9. The summed E-state index contributed by atoms with van der Waals surface area (Å²) in [5, 5.41) is 3.00. The number of carbonyl (C=O) groups is 1. The van der Waals surface area contributed by atoms with Gasteiger partial charge in [-0.2, -0.15) is 0 Å². The predicted octanol–water partition coefficient (Wildman–Crippen LogP) is 5.33. The molecule has 0 saturated carbocycles. The van der Waals surface area contributed by atoms with E-state index in [-0.39, 0.29) is 12.1 Å². The summed E-state index contributed by atoms with van der Waals surface area (Å²) in [5.41, 5.74) is 2.99. The number of para-hydroxylation sites is 1. The molecule has 3 aromatic rings. The van der Waals surface area contributed by atoms with E-state index in [1.54, 1.807) is 0 Å². The lowest BCUT2D eigenvalue weighted by atomic mass is 9.97. The molecule has 3 aromatic carbocycles. The van der Waals surface area contributed by atoms with Crippen LogP contribution in [0.5, 0.6) is 0 Å². The number of hydrogen-bond acceptors (Lipinski definition) is 1. The molecule has 3 rings (SSSR count). The van der Waals surface area contributed by atoms with Crippen molar-refractivity contribution in [3.8, 4) is 0 Å². The van der Waals surface area contributed by atoms with E-state index in [0.29, 0.717) is 6.54 Å². The van der Waals surface area contributed by atoms with Gasteiger partial charge >= 0.3 is 6.03 Å². The van der Waals surface area contributed by atoms with Crippen molar-refractivity contribution in [2.75, 3.05) is 11.9 Å². The standard InChI is InChI=1S/C22H22N2O/c1-2-24(22(25)23-20-16-10-5-11-17-20)21(18-12-6-3-7-13-18)19-14-8-4-9-15-19/h3-17,21H,2H2,1H3,(H,23,25). The number of amides is 2. The Morgan fingerprint density at radius 1 is 0.800 bits per heavy atom. The molecule has 0 aliphatic heterocycles. The fourth-order valence-electron chi connectivity index (χ4n) is 2.98. The van der Waals surface area contributed by atoms with Crippen LogP contribution in [0.1, 0.15) is 24.1 Å². The number of hydrogen-bond donors (Lipinski definition) is 1. The zero-order valence-electron chi connectivity index (χ0n) is 14.3. The summed E-state index contributed by atoms with van der Waals surface area (Å²) in [6.07, 6.45) is 0. The van der Waals surface area contributed by atoms with Gasteiger partial charge in [-0.05, 0) is 30.2 Å². The first-order chi connectivity index (χ1) is 12.3. The summed E-state index contributed by atoms with van der Waals surface area (Å²) < 4.78 is 0. The maximum atomic E-state index is 12.9. The zero-order valence-corrected chi connectivity index (χ0v) is 14.3. The third kappa shape index (κ3) is 4.07. The van der Waals surface area contributed by atoms with Gasteiger partial charge in [-0.1, -0.05) is 78.9 Å². The highest BCUT2D eigenvalue weighted by Crippen LogP contribution is 2.29. The van der Waals surface area contributed by atoms with Gasteiger partial charge < -0.3 is 10.2 Å². The summed E-state index contributed by atoms with van der Waals surface area (Å²) in [7, 11) is 0. The Balaban J connectivity index is 1.94. The van der Waals surface area contributed by atoms with Gasteiger partial charge in [0.2, 0.25) is 0 Å². The Hall–Kier alpha value is -3.07. The van der Waals surface area contributed by atoms with Gasteiger partial charge in [-0.3, -0.25) is 0 Å². The van der Waals surface area contributed by atoms with Gasteiger partial charge in [-0.25, -0.2) is 4.79 Å². The molecule has 0 spiro atoms. The first kappa shape index (κ1) is 16.8. The van der Waals surface area contributed by atoms with E-state index in [1.165, 1.54) is 0 Å². The Morgan fingerprint density at radius 3 is 1.68 bits per heavy atom. The Labute approximate surface area is 148 Å². The van der Waals surface area contributed by atoms with Gasteiger partial charge in [0.15, 0.2) is 0 Å². The molecule has 25 heavy (non-hydrogen) atoms. The number of benzene rings is 3. The van der Waals surface area contributed by atoms with Crippen molar-refractivity contribution in [3.05, 3.63) is 102 Å². The van der Waals surface area contributed by atoms with Crippen LogP contribution in [0.3, 0.4) is 0 Å². The molecule has 0 aliphatic rings. The predicted molar refractivity (Wildman–Crippen MR) is 103 cm³/mol. The third-order valence-corrected chi connectivity index (χ3v) is 4.17. The molecule has 3 nitrogen and oxygen atoms in total. The zero-order chi connectivity index (χ0) is 17.5. The molecule has 126 valence electrons. The van der Waals surface area contributed by atoms with Gasteiger partial charge in [-0.15, -0.1) is 0 Å². The molecule has 0 bridgehead atoms.